The smallest absolute Gasteiger partial charge is 0.409 e. The normalized spacial score (nSPS) is 10.8. The summed E-state index contributed by atoms with van der Waals surface area (Å²) < 4.78 is 6.24. The van der Waals surface area contributed by atoms with E-state index in [0.29, 0.717) is 17.5 Å². The number of para-hydroxylation sites is 1. The van der Waals surface area contributed by atoms with Crippen LogP contribution >= 0.6 is 0 Å². The zero-order valence-corrected chi connectivity index (χ0v) is 9.10. The number of aromatic nitrogens is 1. The van der Waals surface area contributed by atoms with Crippen LogP contribution in [0.25, 0.3) is 11.0 Å². The van der Waals surface area contributed by atoms with Crippen molar-refractivity contribution in [3.8, 4) is 0 Å². The van der Waals surface area contributed by atoms with Crippen molar-refractivity contribution in [2.45, 2.75) is 26.3 Å². The van der Waals surface area contributed by atoms with Gasteiger partial charge in [-0.2, -0.15) is 0 Å². The van der Waals surface area contributed by atoms with E-state index in [9.17, 15) is 9.59 Å². The van der Waals surface area contributed by atoms with Crippen LogP contribution in [-0.2, 0) is 6.54 Å². The molecule has 0 spiro atoms. The Labute approximate surface area is 92.1 Å². The first-order chi connectivity index (χ1) is 7.74. The van der Waals surface area contributed by atoms with Crippen LogP contribution in [0.1, 0.15) is 19.8 Å². The molecule has 2 aromatic rings. The minimum atomic E-state index is -0.572. The molecule has 1 aromatic carbocycles. The highest BCUT2D eigenvalue weighted by Gasteiger charge is 2.07. The van der Waals surface area contributed by atoms with Gasteiger partial charge in [0.15, 0.2) is 0 Å². The molecule has 16 heavy (non-hydrogen) atoms. The molecule has 84 valence electrons. The van der Waals surface area contributed by atoms with Crippen LogP contribution in [0, 0.1) is 0 Å². The molecule has 0 aliphatic rings. The third-order valence-electron chi connectivity index (χ3n) is 2.52. The average Bonchev–Trinajstić information content (AvgIpc) is 2.29. The summed E-state index contributed by atoms with van der Waals surface area (Å²) in [6, 6.07) is 6.79. The van der Waals surface area contributed by atoms with Crippen molar-refractivity contribution in [2.24, 2.45) is 0 Å². The molecule has 0 amide bonds. The summed E-state index contributed by atoms with van der Waals surface area (Å²) in [5.74, 6) is -0.572. The second-order valence-electron chi connectivity index (χ2n) is 3.67. The third kappa shape index (κ3) is 1.78. The van der Waals surface area contributed by atoms with Crippen molar-refractivity contribution in [3.05, 3.63) is 45.2 Å². The summed E-state index contributed by atoms with van der Waals surface area (Å²) in [6.45, 7) is 2.43. The molecule has 0 aliphatic heterocycles. The molecule has 0 aliphatic carbocycles. The Morgan fingerprint density at radius 2 is 2.00 bits per heavy atom. The van der Waals surface area contributed by atoms with Gasteiger partial charge in [-0.05, 0) is 18.6 Å². The summed E-state index contributed by atoms with van der Waals surface area (Å²) >= 11 is 0. The van der Waals surface area contributed by atoms with Gasteiger partial charge in [-0.3, -0.25) is 4.79 Å². The molecule has 0 atom stereocenters. The van der Waals surface area contributed by atoms with Crippen molar-refractivity contribution >= 4 is 11.0 Å². The van der Waals surface area contributed by atoms with E-state index in [1.807, 2.05) is 6.92 Å². The number of nitrogens with zero attached hydrogens (tertiary/aromatic N) is 1. The SMILES string of the molecule is CCCCn1c(=O)oc2ccccc2c1=O. The van der Waals surface area contributed by atoms with E-state index in [1.165, 1.54) is 0 Å². The lowest BCUT2D eigenvalue weighted by Crippen LogP contribution is -2.32. The standard InChI is InChI=1S/C12H13NO3/c1-2-3-8-13-11(14)9-6-4-5-7-10(9)16-12(13)15/h4-7H,2-3,8H2,1H3. The predicted octanol–water partition coefficient (Wildman–Crippen LogP) is 1.75. The lowest BCUT2D eigenvalue weighted by molar-refractivity contribution is 0.447. The average molecular weight is 219 g/mol. The number of fused-ring (bicyclic) bond motifs is 1. The minimum absolute atomic E-state index is 0.264. The van der Waals surface area contributed by atoms with E-state index in [2.05, 4.69) is 0 Å². The minimum Gasteiger partial charge on any atom is -0.409 e. The van der Waals surface area contributed by atoms with Gasteiger partial charge in [-0.25, -0.2) is 9.36 Å². The number of unbranched alkanes of at least 4 members (excludes halogenated alkanes) is 1. The summed E-state index contributed by atoms with van der Waals surface area (Å²) in [5.41, 5.74) is 0.0885. The Bertz CT molecular complexity index is 609. The number of benzene rings is 1. The fraction of sp³-hybridized carbons (Fsp3) is 0.333. The van der Waals surface area contributed by atoms with Crippen LogP contribution in [0.5, 0.6) is 0 Å². The predicted molar refractivity (Wildman–Crippen MR) is 61.7 cm³/mol. The number of rotatable bonds is 3. The van der Waals surface area contributed by atoms with Crippen molar-refractivity contribution in [1.29, 1.82) is 0 Å². The maximum Gasteiger partial charge on any atom is 0.422 e. The molecule has 0 saturated carbocycles. The summed E-state index contributed by atoms with van der Waals surface area (Å²) in [4.78, 5) is 23.5. The molecule has 2 rings (SSSR count). The van der Waals surface area contributed by atoms with Crippen molar-refractivity contribution in [3.63, 3.8) is 0 Å². The Kier molecular flexibility index (Phi) is 2.90. The molecular weight excluding hydrogens is 206 g/mol. The van der Waals surface area contributed by atoms with E-state index in [1.54, 1.807) is 24.3 Å². The number of hydrogen-bond donors (Lipinski definition) is 0. The summed E-state index contributed by atoms with van der Waals surface area (Å²) in [6.07, 6.45) is 1.72. The van der Waals surface area contributed by atoms with E-state index >= 15 is 0 Å². The van der Waals surface area contributed by atoms with Gasteiger partial charge in [0.2, 0.25) is 0 Å². The molecule has 0 radical (unpaired) electrons. The highest BCUT2D eigenvalue weighted by atomic mass is 16.4. The molecule has 0 unspecified atom stereocenters. The fourth-order valence-corrected chi connectivity index (χ4v) is 1.62. The summed E-state index contributed by atoms with van der Waals surface area (Å²) in [7, 11) is 0. The maximum absolute atomic E-state index is 12.0. The quantitative estimate of drug-likeness (QED) is 0.790. The van der Waals surface area contributed by atoms with Crippen LogP contribution in [0.3, 0.4) is 0 Å². The monoisotopic (exact) mass is 219 g/mol. The Hall–Kier alpha value is -1.84. The van der Waals surface area contributed by atoms with Crippen LogP contribution in [0.2, 0.25) is 0 Å². The van der Waals surface area contributed by atoms with E-state index < -0.39 is 5.76 Å². The topological polar surface area (TPSA) is 52.2 Å². The zero-order chi connectivity index (χ0) is 11.5. The van der Waals surface area contributed by atoms with Gasteiger partial charge >= 0.3 is 5.76 Å². The second kappa shape index (κ2) is 4.35. The van der Waals surface area contributed by atoms with Crippen molar-refractivity contribution in [1.82, 2.24) is 4.57 Å². The number of hydrogen-bond acceptors (Lipinski definition) is 3. The van der Waals surface area contributed by atoms with Crippen molar-refractivity contribution < 1.29 is 4.42 Å². The van der Waals surface area contributed by atoms with Crippen LogP contribution < -0.4 is 11.3 Å². The van der Waals surface area contributed by atoms with Crippen molar-refractivity contribution in [2.75, 3.05) is 0 Å². The molecule has 0 bridgehead atoms. The summed E-state index contributed by atoms with van der Waals surface area (Å²) in [5, 5.41) is 0.457. The molecule has 1 aromatic heterocycles. The third-order valence-corrected chi connectivity index (χ3v) is 2.52. The van der Waals surface area contributed by atoms with E-state index in [4.69, 9.17) is 4.42 Å². The molecule has 0 fully saturated rings. The van der Waals surface area contributed by atoms with Crippen LogP contribution in [0.15, 0.2) is 38.3 Å². The molecule has 1 heterocycles. The first-order valence-electron chi connectivity index (χ1n) is 5.36. The second-order valence-corrected chi connectivity index (χ2v) is 3.67. The molecule has 4 nitrogen and oxygen atoms in total. The van der Waals surface area contributed by atoms with E-state index in [0.717, 1.165) is 17.4 Å². The first kappa shape index (κ1) is 10.7. The van der Waals surface area contributed by atoms with Gasteiger partial charge in [0, 0.05) is 6.54 Å². The fourth-order valence-electron chi connectivity index (χ4n) is 1.62. The van der Waals surface area contributed by atoms with Gasteiger partial charge in [-0.15, -0.1) is 0 Å². The largest absolute Gasteiger partial charge is 0.422 e. The van der Waals surface area contributed by atoms with Gasteiger partial charge in [0.25, 0.3) is 5.56 Å². The van der Waals surface area contributed by atoms with E-state index in [-0.39, 0.29) is 5.56 Å². The van der Waals surface area contributed by atoms with Crippen LogP contribution in [-0.4, -0.2) is 4.57 Å². The molecule has 0 N–H and O–H groups in total. The van der Waals surface area contributed by atoms with Gasteiger partial charge in [-0.1, -0.05) is 25.5 Å². The van der Waals surface area contributed by atoms with Crippen LogP contribution in [0.4, 0.5) is 0 Å². The Morgan fingerprint density at radius 3 is 2.75 bits per heavy atom. The lowest BCUT2D eigenvalue weighted by atomic mass is 10.2. The molecular formula is C12H13NO3. The van der Waals surface area contributed by atoms with Gasteiger partial charge in [0.1, 0.15) is 5.58 Å². The lowest BCUT2D eigenvalue weighted by Gasteiger charge is -2.03. The highest BCUT2D eigenvalue weighted by molar-refractivity contribution is 5.74. The molecule has 4 heteroatoms. The van der Waals surface area contributed by atoms with Gasteiger partial charge < -0.3 is 4.42 Å². The zero-order valence-electron chi connectivity index (χ0n) is 9.10. The Morgan fingerprint density at radius 1 is 1.25 bits per heavy atom. The van der Waals surface area contributed by atoms with Gasteiger partial charge in [0.05, 0.1) is 5.39 Å². The highest BCUT2D eigenvalue weighted by Crippen LogP contribution is 2.05. The molecule has 0 saturated heterocycles. The Balaban J connectivity index is 2.66. The first-order valence-corrected chi connectivity index (χ1v) is 5.36. The maximum atomic E-state index is 12.0.